The second-order valence-electron chi connectivity index (χ2n) is 9.69. The highest BCUT2D eigenvalue weighted by Gasteiger charge is 2.13. The summed E-state index contributed by atoms with van der Waals surface area (Å²) in [5, 5.41) is 37.5. The number of rotatable bonds is 11. The number of amides is 1. The Hall–Kier alpha value is -4.22. The molecule has 0 aliphatic carbocycles. The van der Waals surface area contributed by atoms with Gasteiger partial charge in [-0.3, -0.25) is 41.2 Å². The largest absolute Gasteiger partial charge is 0.305 e. The van der Waals surface area contributed by atoms with Gasteiger partial charge in [0.1, 0.15) is 5.78 Å². The van der Waals surface area contributed by atoms with Crippen molar-refractivity contribution in [2.45, 2.75) is 44.9 Å². The highest BCUT2D eigenvalue weighted by atomic mass is 32.2. The third kappa shape index (κ3) is 9.71. The molecule has 0 radical (unpaired) electrons. The van der Waals surface area contributed by atoms with Gasteiger partial charge in [0.25, 0.3) is 0 Å². The van der Waals surface area contributed by atoms with Crippen molar-refractivity contribution in [3.8, 4) is 0 Å². The Labute approximate surface area is 252 Å². The normalized spacial score (nSPS) is 10.9. The maximum absolute atomic E-state index is 12.5. The molecule has 9 nitrogen and oxygen atoms in total. The highest BCUT2D eigenvalue weighted by molar-refractivity contribution is 8.26. The molecule has 2 aromatic carbocycles. The predicted octanol–water partition coefficient (Wildman–Crippen LogP) is 6.54. The number of amidine groups is 1. The number of nitrogens with one attached hydrogen (secondary N) is 5. The van der Waals surface area contributed by atoms with Crippen molar-refractivity contribution in [1.29, 1.82) is 21.6 Å². The molecular formula is C31H31N7O2S2. The Balaban J connectivity index is 1.08. The van der Waals surface area contributed by atoms with E-state index in [1.807, 2.05) is 60.7 Å². The van der Waals surface area contributed by atoms with E-state index in [1.165, 1.54) is 0 Å². The number of Topliss-reactive ketones (excluding diaryl/α,β-unsaturated/α-hetero) is 1. The van der Waals surface area contributed by atoms with Crippen LogP contribution in [0.5, 0.6) is 0 Å². The molecule has 4 aromatic rings. The van der Waals surface area contributed by atoms with Crippen molar-refractivity contribution in [3.05, 3.63) is 84.2 Å². The first-order chi connectivity index (χ1) is 20.2. The Morgan fingerprint density at radius 1 is 0.690 bits per heavy atom. The summed E-state index contributed by atoms with van der Waals surface area (Å²) < 4.78 is 0. The summed E-state index contributed by atoms with van der Waals surface area (Å²) in [7, 11) is 0. The molecule has 0 atom stereocenters. The van der Waals surface area contributed by atoms with Crippen molar-refractivity contribution in [2.75, 3.05) is 0 Å². The number of nitrogens with zero attached hydrogens (tertiary/aromatic N) is 2. The van der Waals surface area contributed by atoms with Crippen molar-refractivity contribution in [1.82, 2.24) is 15.3 Å². The second-order valence-corrected chi connectivity index (χ2v) is 12.0. The predicted molar refractivity (Wildman–Crippen MR) is 173 cm³/mol. The molecule has 42 heavy (non-hydrogen) atoms. The lowest BCUT2D eigenvalue weighted by molar-refractivity contribution is -0.119. The fraction of sp³-hybridized carbons (Fsp3) is 0.226. The zero-order valence-corrected chi connectivity index (χ0v) is 24.5. The highest BCUT2D eigenvalue weighted by Crippen LogP contribution is 2.19. The van der Waals surface area contributed by atoms with E-state index in [0.717, 1.165) is 56.5 Å². The molecule has 0 spiro atoms. The number of ketones is 1. The Morgan fingerprint density at radius 2 is 1.24 bits per heavy atom. The second kappa shape index (κ2) is 15.1. The number of hydrogen-bond acceptors (Lipinski definition) is 10. The van der Waals surface area contributed by atoms with Crippen LogP contribution in [0.25, 0.3) is 21.8 Å². The molecule has 0 aliphatic heterocycles. The number of hydrogen-bond donors (Lipinski definition) is 5. The van der Waals surface area contributed by atoms with Crippen LogP contribution in [0.3, 0.4) is 0 Å². The summed E-state index contributed by atoms with van der Waals surface area (Å²) in [4.78, 5) is 33.4. The van der Waals surface area contributed by atoms with Gasteiger partial charge in [0.15, 0.2) is 5.17 Å². The van der Waals surface area contributed by atoms with Gasteiger partial charge in [0, 0.05) is 29.6 Å². The van der Waals surface area contributed by atoms with Crippen LogP contribution in [-0.4, -0.2) is 42.0 Å². The van der Waals surface area contributed by atoms with Gasteiger partial charge in [-0.1, -0.05) is 36.0 Å². The molecule has 11 heteroatoms. The zero-order valence-electron chi connectivity index (χ0n) is 22.9. The zero-order chi connectivity index (χ0) is 29.9. The maximum atomic E-state index is 12.5. The van der Waals surface area contributed by atoms with Crippen molar-refractivity contribution < 1.29 is 9.59 Å². The maximum Gasteiger partial charge on any atom is 0.230 e. The Bertz CT molecular complexity index is 1550. The number of unbranched alkanes of at least 4 members (excludes halogenated alkanes) is 1. The summed E-state index contributed by atoms with van der Waals surface area (Å²) in [5.74, 6) is -0.386. The fourth-order valence-corrected chi connectivity index (χ4v) is 5.74. The van der Waals surface area contributed by atoms with E-state index in [2.05, 4.69) is 15.3 Å². The first-order valence-corrected chi connectivity index (χ1v) is 15.0. The monoisotopic (exact) mass is 597 g/mol. The lowest BCUT2D eigenvalue weighted by Crippen LogP contribution is -2.29. The number of pyridine rings is 2. The number of fused-ring (bicyclic) bond motifs is 2. The minimum absolute atomic E-state index is 0.00862. The summed E-state index contributed by atoms with van der Waals surface area (Å²) in [5.41, 5.74) is 3.42. The molecule has 214 valence electrons. The van der Waals surface area contributed by atoms with Gasteiger partial charge in [-0.25, -0.2) is 0 Å². The van der Waals surface area contributed by atoms with E-state index in [4.69, 9.17) is 21.6 Å². The lowest BCUT2D eigenvalue weighted by Gasteiger charge is -2.08. The van der Waals surface area contributed by atoms with Crippen molar-refractivity contribution in [2.24, 2.45) is 0 Å². The molecule has 1 amide bonds. The molecule has 4 rings (SSSR count). The van der Waals surface area contributed by atoms with E-state index >= 15 is 0 Å². The average molecular weight is 598 g/mol. The van der Waals surface area contributed by atoms with E-state index in [1.54, 1.807) is 12.4 Å². The molecule has 0 saturated carbocycles. The van der Waals surface area contributed by atoms with Crippen molar-refractivity contribution >= 4 is 77.3 Å². The van der Waals surface area contributed by atoms with Gasteiger partial charge < -0.3 is 5.32 Å². The SMILES string of the molecule is N=C(CCCCC(=N)SC(=N)NC(=O)Cc1ccc2ncccc2c1)SC(=N)CC(=O)Cc1ccc2ncccc2c1. The molecule has 2 heterocycles. The number of aromatic nitrogens is 2. The molecule has 2 aromatic heterocycles. The van der Waals surface area contributed by atoms with Crippen LogP contribution < -0.4 is 5.32 Å². The smallest absolute Gasteiger partial charge is 0.230 e. The number of carbonyl (C=O) groups excluding carboxylic acids is 2. The molecule has 0 aliphatic rings. The third-order valence-corrected chi connectivity index (χ3v) is 7.84. The summed E-state index contributed by atoms with van der Waals surface area (Å²) in [6.07, 6.45) is 5.97. The van der Waals surface area contributed by atoms with Crippen LogP contribution in [0.4, 0.5) is 0 Å². The molecule has 5 N–H and O–H groups in total. The van der Waals surface area contributed by atoms with Crippen LogP contribution >= 0.6 is 23.5 Å². The van der Waals surface area contributed by atoms with Gasteiger partial charge in [0.05, 0.1) is 39.0 Å². The molecule has 0 saturated heterocycles. The van der Waals surface area contributed by atoms with E-state index in [9.17, 15) is 9.59 Å². The minimum atomic E-state index is -0.315. The van der Waals surface area contributed by atoms with E-state index in [-0.39, 0.29) is 46.2 Å². The van der Waals surface area contributed by atoms with Gasteiger partial charge in [0.2, 0.25) is 5.91 Å². The lowest BCUT2D eigenvalue weighted by atomic mass is 10.0. The van der Waals surface area contributed by atoms with Crippen LogP contribution in [0.1, 0.15) is 43.2 Å². The Morgan fingerprint density at radius 3 is 1.83 bits per heavy atom. The van der Waals surface area contributed by atoms with Crippen LogP contribution in [0.15, 0.2) is 73.1 Å². The first-order valence-electron chi connectivity index (χ1n) is 13.4. The van der Waals surface area contributed by atoms with Crippen LogP contribution in [0, 0.1) is 21.6 Å². The van der Waals surface area contributed by atoms with Gasteiger partial charge in [-0.05, 0) is 85.0 Å². The van der Waals surface area contributed by atoms with Gasteiger partial charge in [-0.2, -0.15) is 0 Å². The molecular weight excluding hydrogens is 567 g/mol. The third-order valence-electron chi connectivity index (χ3n) is 6.24. The quantitative estimate of drug-likeness (QED) is 0.0747. The summed E-state index contributed by atoms with van der Waals surface area (Å²) in [6.45, 7) is 0. The summed E-state index contributed by atoms with van der Waals surface area (Å²) in [6, 6.07) is 18.9. The van der Waals surface area contributed by atoms with Crippen LogP contribution in [-0.2, 0) is 22.4 Å². The Kier molecular flexibility index (Phi) is 11.1. The summed E-state index contributed by atoms with van der Waals surface area (Å²) >= 11 is 1.92. The molecule has 0 unspecified atom stereocenters. The van der Waals surface area contributed by atoms with Crippen LogP contribution in [0.2, 0.25) is 0 Å². The van der Waals surface area contributed by atoms with Crippen molar-refractivity contribution in [3.63, 3.8) is 0 Å². The van der Waals surface area contributed by atoms with Gasteiger partial charge in [-0.15, -0.1) is 0 Å². The minimum Gasteiger partial charge on any atom is -0.305 e. The van der Waals surface area contributed by atoms with Gasteiger partial charge >= 0.3 is 0 Å². The first kappa shape index (κ1) is 30.7. The molecule has 0 bridgehead atoms. The van der Waals surface area contributed by atoms with E-state index in [0.29, 0.717) is 30.7 Å². The fourth-order valence-electron chi connectivity index (χ4n) is 4.30. The number of benzene rings is 2. The molecule has 0 fully saturated rings. The standard InChI is InChI=1S/C31H31N7O2S2/c32-27(41-29(34)19-24(39)17-20-9-11-25-22(15-20)5-3-13-36-25)7-1-2-8-28(33)42-31(35)38-30(40)18-21-10-12-26-23(16-21)6-4-14-37-26/h3-6,9-16,32-34H,1-2,7-8,17-19H2,(H2,35,38,40). The number of carbonyl (C=O) groups is 2. The van der Waals surface area contributed by atoms with E-state index < -0.39 is 0 Å². The topological polar surface area (TPSA) is 167 Å². The number of thioether (sulfide) groups is 2. The average Bonchev–Trinajstić information content (AvgIpc) is 2.94.